The van der Waals surface area contributed by atoms with Gasteiger partial charge in [0, 0.05) is 6.04 Å². The lowest BCUT2D eigenvalue weighted by atomic mass is 9.79. The molecule has 1 fully saturated rings. The van der Waals surface area contributed by atoms with E-state index in [4.69, 9.17) is 16.0 Å². The molecule has 0 aliphatic carbocycles. The lowest BCUT2D eigenvalue weighted by Gasteiger charge is -2.35. The maximum absolute atomic E-state index is 11.4. The average Bonchev–Trinajstić information content (AvgIpc) is 3.40. The molecule has 0 unspecified atom stereocenters. The van der Waals surface area contributed by atoms with Gasteiger partial charge >= 0.3 is 0 Å². The van der Waals surface area contributed by atoms with E-state index >= 15 is 0 Å². The Hall–Kier alpha value is -2.20. The Morgan fingerprint density at radius 3 is 1.86 bits per heavy atom. The third kappa shape index (κ3) is 10.0. The minimum atomic E-state index is -1.57. The summed E-state index contributed by atoms with van der Waals surface area (Å²) in [6.45, 7) is 14.5. The molecule has 1 heterocycles. The zero-order valence-corrected chi connectivity index (χ0v) is 23.4. The number of rotatable bonds is 6. The predicted octanol–water partition coefficient (Wildman–Crippen LogP) is 6.51. The fourth-order valence-corrected chi connectivity index (χ4v) is 4.42. The monoisotopic (exact) mass is 511 g/mol. The van der Waals surface area contributed by atoms with Crippen molar-refractivity contribution in [1.82, 2.24) is 5.32 Å². The molecule has 0 amide bonds. The summed E-state index contributed by atoms with van der Waals surface area (Å²) >= 11 is 0. The Morgan fingerprint density at radius 1 is 1.06 bits per heavy atom. The van der Waals surface area contributed by atoms with Crippen LogP contribution in [0.1, 0.15) is 59.1 Å². The maximum Gasteiger partial charge on any atom is 0.193 e. The minimum Gasteiger partial charge on any atom is -0.406 e. The van der Waals surface area contributed by atoms with Crippen LogP contribution in [-0.2, 0) is 10.0 Å². The highest BCUT2D eigenvalue weighted by Crippen LogP contribution is 2.37. The van der Waals surface area contributed by atoms with Crippen LogP contribution in [-0.4, -0.2) is 44.3 Å². The number of hydrogen-bond donors (Lipinski definition) is 3. The summed E-state index contributed by atoms with van der Waals surface area (Å²) in [4.78, 5) is 0. The molecule has 4 nitrogen and oxygen atoms in total. The Morgan fingerprint density at radius 2 is 1.56 bits per heavy atom. The second-order valence-corrected chi connectivity index (χ2v) is 15.0. The first-order chi connectivity index (χ1) is 16.5. The lowest BCUT2D eigenvalue weighted by molar-refractivity contribution is 0.0442. The summed E-state index contributed by atoms with van der Waals surface area (Å²) in [7, 11) is -1.57. The molecule has 1 aliphatic rings. The number of allylic oxidation sites excluding steroid dienone is 1. The van der Waals surface area contributed by atoms with Gasteiger partial charge in [-0.2, -0.15) is 0 Å². The molecule has 200 valence electrons. The van der Waals surface area contributed by atoms with Gasteiger partial charge in [0.25, 0.3) is 0 Å². The molecule has 5 heteroatoms. The second-order valence-electron chi connectivity index (χ2n) is 10.2. The summed E-state index contributed by atoms with van der Waals surface area (Å²) in [5, 5.41) is 23.1. The highest BCUT2D eigenvalue weighted by molar-refractivity contribution is 6.74. The van der Waals surface area contributed by atoms with Gasteiger partial charge < -0.3 is 20.0 Å². The number of hydrogen-bond acceptors (Lipinski definition) is 4. The van der Waals surface area contributed by atoms with Crippen molar-refractivity contribution >= 4 is 8.32 Å². The van der Waals surface area contributed by atoms with Crippen LogP contribution >= 0.6 is 0 Å². The summed E-state index contributed by atoms with van der Waals surface area (Å²) in [6.07, 6.45) is 10.7. The molecular formula is C31H49NO3Si. The molecule has 36 heavy (non-hydrogen) atoms. The van der Waals surface area contributed by atoms with Gasteiger partial charge in [0.1, 0.15) is 5.60 Å². The number of terminal acetylenes is 1. The van der Waals surface area contributed by atoms with Gasteiger partial charge in [0.2, 0.25) is 0 Å². The first-order valence-corrected chi connectivity index (χ1v) is 15.3. The normalized spacial score (nSPS) is 15.6. The Kier molecular flexibility index (Phi) is 15.5. The van der Waals surface area contributed by atoms with Gasteiger partial charge in [-0.25, -0.2) is 0 Å². The van der Waals surface area contributed by atoms with Crippen LogP contribution < -0.4 is 5.32 Å². The van der Waals surface area contributed by atoms with E-state index in [1.165, 1.54) is 0 Å². The topological polar surface area (TPSA) is 61.7 Å². The average molecular weight is 512 g/mol. The van der Waals surface area contributed by atoms with Gasteiger partial charge in [0.15, 0.2) is 8.32 Å². The van der Waals surface area contributed by atoms with Crippen LogP contribution in [0.4, 0.5) is 0 Å². The minimum absolute atomic E-state index is 0. The van der Waals surface area contributed by atoms with Crippen LogP contribution in [0.2, 0.25) is 18.1 Å². The van der Waals surface area contributed by atoms with E-state index < -0.39 is 13.9 Å². The van der Waals surface area contributed by atoms with Crippen molar-refractivity contribution in [3.8, 4) is 12.3 Å². The van der Waals surface area contributed by atoms with E-state index in [1.807, 2.05) is 67.6 Å². The quantitative estimate of drug-likeness (QED) is 0.235. The molecule has 3 N–H and O–H groups in total. The number of nitrogens with one attached hydrogen (secondary N) is 1. The Bertz CT molecular complexity index is 853. The predicted molar refractivity (Wildman–Crippen MR) is 158 cm³/mol. The second kappa shape index (κ2) is 16.5. The zero-order valence-electron chi connectivity index (χ0n) is 22.4. The molecule has 1 aliphatic heterocycles. The molecule has 0 spiro atoms. The van der Waals surface area contributed by atoms with E-state index in [9.17, 15) is 5.11 Å². The molecule has 3 rings (SSSR count). The highest BCUT2D eigenvalue weighted by atomic mass is 28.4. The highest BCUT2D eigenvalue weighted by Gasteiger charge is 2.41. The number of benzene rings is 2. The fourth-order valence-electron chi connectivity index (χ4n) is 3.54. The Balaban J connectivity index is 0.000000618. The molecular weight excluding hydrogens is 462 g/mol. The molecule has 0 radical (unpaired) electrons. The van der Waals surface area contributed by atoms with Crippen LogP contribution in [0.15, 0.2) is 72.8 Å². The van der Waals surface area contributed by atoms with Crippen LogP contribution in [0.3, 0.4) is 0 Å². The molecule has 2 aromatic rings. The van der Waals surface area contributed by atoms with Crippen LogP contribution in [0, 0.1) is 12.3 Å². The molecule has 1 atom stereocenters. The smallest absolute Gasteiger partial charge is 0.193 e. The fraction of sp³-hybridized carbons (Fsp3) is 0.484. The summed E-state index contributed by atoms with van der Waals surface area (Å²) in [5.74, 6) is 2.51. The number of aliphatic hydroxyl groups excluding tert-OH is 1. The van der Waals surface area contributed by atoms with Crippen molar-refractivity contribution < 1.29 is 14.6 Å². The molecule has 0 saturated carbocycles. The van der Waals surface area contributed by atoms with E-state index in [1.54, 1.807) is 12.2 Å². The Labute approximate surface area is 221 Å². The molecule has 0 bridgehead atoms. The van der Waals surface area contributed by atoms with Crippen LogP contribution in [0.25, 0.3) is 0 Å². The third-order valence-electron chi connectivity index (χ3n) is 6.66. The van der Waals surface area contributed by atoms with Gasteiger partial charge in [-0.05, 0) is 55.6 Å². The number of aliphatic hydroxyl groups is 2. The van der Waals surface area contributed by atoms with Crippen molar-refractivity contribution in [3.63, 3.8) is 0 Å². The van der Waals surface area contributed by atoms with Crippen molar-refractivity contribution in [1.29, 1.82) is 0 Å². The molecule has 0 aromatic heterocycles. The van der Waals surface area contributed by atoms with Gasteiger partial charge in [-0.3, -0.25) is 0 Å². The van der Waals surface area contributed by atoms with E-state index in [2.05, 4.69) is 45.1 Å². The molecule has 2 aromatic carbocycles. The van der Waals surface area contributed by atoms with Gasteiger partial charge in [-0.15, -0.1) is 6.42 Å². The zero-order chi connectivity index (χ0) is 26.4. The first kappa shape index (κ1) is 33.8. The van der Waals surface area contributed by atoms with Crippen molar-refractivity contribution in [3.05, 3.63) is 83.9 Å². The maximum atomic E-state index is 11.4. The van der Waals surface area contributed by atoms with Crippen LogP contribution in [0.5, 0.6) is 0 Å². The van der Waals surface area contributed by atoms with Crippen molar-refractivity contribution in [2.24, 2.45) is 0 Å². The first-order valence-electron chi connectivity index (χ1n) is 12.4. The summed E-state index contributed by atoms with van der Waals surface area (Å²) in [5.41, 5.74) is 0.972. The van der Waals surface area contributed by atoms with E-state index in [0.29, 0.717) is 6.61 Å². The van der Waals surface area contributed by atoms with Crippen molar-refractivity contribution in [2.75, 3.05) is 19.8 Å². The van der Waals surface area contributed by atoms with Crippen molar-refractivity contribution in [2.45, 2.75) is 77.7 Å². The SMILES string of the molecule is C.C#CCO[Si](C)(C)C(C)(C)C.C/C=C/CO.OC(c1ccccc1)(c1ccccc1)[C@@H]1CCCN1. The van der Waals surface area contributed by atoms with Gasteiger partial charge in [0.05, 0.1) is 13.2 Å². The summed E-state index contributed by atoms with van der Waals surface area (Å²) < 4.78 is 5.65. The van der Waals surface area contributed by atoms with Gasteiger partial charge in [-0.1, -0.05) is 107 Å². The third-order valence-corrected chi connectivity index (χ3v) is 11.1. The van der Waals surface area contributed by atoms with E-state index in [-0.39, 0.29) is 25.1 Å². The lowest BCUT2D eigenvalue weighted by Crippen LogP contribution is -2.46. The molecule has 1 saturated heterocycles. The summed E-state index contributed by atoms with van der Waals surface area (Å²) in [6, 6.07) is 20.0. The largest absolute Gasteiger partial charge is 0.406 e. The van der Waals surface area contributed by atoms with E-state index in [0.717, 1.165) is 30.5 Å². The standard InChI is InChI=1S/C17H19NO.C9H18OSi.C4H8O.CH4/c19-17(16-12-7-13-18-16,14-8-3-1-4-9-14)15-10-5-2-6-11-15;1-7-8-10-11(5,6)9(2,3)4;1-2-3-4-5;/h1-6,8-11,16,18-19H,7,12-13H2;1H,8H2,2-6H3;2-3,5H,4H2,1H3;1H4/b;;3-2+;/t16-;;;/m0.../s1.